The van der Waals surface area contributed by atoms with Crippen molar-refractivity contribution in [2.24, 2.45) is 0 Å². The fourth-order valence-corrected chi connectivity index (χ4v) is 3.81. The third kappa shape index (κ3) is 5.70. The number of rotatable bonds is 4. The van der Waals surface area contributed by atoms with Crippen LogP contribution in [0.3, 0.4) is 0 Å². The van der Waals surface area contributed by atoms with E-state index in [2.05, 4.69) is 14.8 Å². The Bertz CT molecular complexity index is 374. The van der Waals surface area contributed by atoms with Gasteiger partial charge in [-0.2, -0.15) is 0 Å². The van der Waals surface area contributed by atoms with E-state index in [0.29, 0.717) is 12.7 Å². The molecule has 0 aromatic rings. The van der Waals surface area contributed by atoms with Crippen LogP contribution < -0.4 is 0 Å². The molecule has 24 heavy (non-hydrogen) atoms. The van der Waals surface area contributed by atoms with Gasteiger partial charge in [0.25, 0.3) is 0 Å². The Morgan fingerprint density at radius 1 is 0.875 bits per heavy atom. The molecular formula is C18H33BO5. The van der Waals surface area contributed by atoms with Gasteiger partial charge in [0.1, 0.15) is 7.85 Å². The van der Waals surface area contributed by atoms with E-state index in [1.54, 1.807) is 0 Å². The molecule has 3 saturated heterocycles. The van der Waals surface area contributed by atoms with Crippen molar-refractivity contribution in [3.05, 3.63) is 0 Å². The molecule has 5 atom stereocenters. The second-order valence-corrected chi connectivity index (χ2v) is 7.78. The molecule has 0 aromatic heterocycles. The van der Waals surface area contributed by atoms with Crippen LogP contribution >= 0.6 is 0 Å². The predicted molar refractivity (Wildman–Crippen MR) is 93.7 cm³/mol. The maximum atomic E-state index is 6.35. The largest absolute Gasteiger partial charge is 0.378 e. The lowest BCUT2D eigenvalue weighted by Gasteiger charge is -2.41. The average Bonchev–Trinajstić information content (AvgIpc) is 2.90. The van der Waals surface area contributed by atoms with Gasteiger partial charge in [0.2, 0.25) is 0 Å². The molecule has 3 heterocycles. The minimum absolute atomic E-state index is 0.0663. The van der Waals surface area contributed by atoms with Crippen molar-refractivity contribution < 1.29 is 23.7 Å². The van der Waals surface area contributed by atoms with Crippen LogP contribution in [-0.4, -0.2) is 58.0 Å². The topological polar surface area (TPSA) is 46.2 Å². The second kappa shape index (κ2) is 8.99. The summed E-state index contributed by atoms with van der Waals surface area (Å²) in [5.74, 6) is 0. The highest BCUT2D eigenvalue weighted by Crippen LogP contribution is 2.31. The standard InChI is InChI=1S/C18H33BO5/c1-14-6-7-15(8-11-20-14)23-17-13-18(19,9-12-22-17)24-16-5-3-2-4-10-21-16/h14-17H,2-13,19H2,1H3. The van der Waals surface area contributed by atoms with E-state index >= 15 is 0 Å². The van der Waals surface area contributed by atoms with Gasteiger partial charge in [0, 0.05) is 25.1 Å². The minimum Gasteiger partial charge on any atom is -0.378 e. The third-order valence-corrected chi connectivity index (χ3v) is 5.42. The van der Waals surface area contributed by atoms with Gasteiger partial charge < -0.3 is 23.7 Å². The molecule has 0 saturated carbocycles. The molecule has 3 rings (SSSR count). The van der Waals surface area contributed by atoms with Crippen LogP contribution in [0.4, 0.5) is 0 Å². The van der Waals surface area contributed by atoms with Crippen molar-refractivity contribution in [3.63, 3.8) is 0 Å². The van der Waals surface area contributed by atoms with E-state index in [4.69, 9.17) is 23.7 Å². The molecule has 138 valence electrons. The molecule has 5 nitrogen and oxygen atoms in total. The van der Waals surface area contributed by atoms with Gasteiger partial charge >= 0.3 is 0 Å². The molecule has 0 aliphatic carbocycles. The normalized spacial score (nSPS) is 42.2. The molecule has 3 fully saturated rings. The van der Waals surface area contributed by atoms with Gasteiger partial charge in [-0.05, 0) is 51.9 Å². The van der Waals surface area contributed by atoms with E-state index in [0.717, 1.165) is 58.2 Å². The summed E-state index contributed by atoms with van der Waals surface area (Å²) in [5.41, 5.74) is -0.216. The van der Waals surface area contributed by atoms with Crippen molar-refractivity contribution in [2.75, 3.05) is 19.8 Å². The SMILES string of the molecule is BC1(OC2CCCCCO2)CCOC(OC2CCOC(C)CC2)C1. The molecule has 0 radical (unpaired) electrons. The first-order valence-electron chi connectivity index (χ1n) is 9.81. The summed E-state index contributed by atoms with van der Waals surface area (Å²) in [4.78, 5) is 0. The van der Waals surface area contributed by atoms with Crippen LogP contribution in [0.25, 0.3) is 0 Å². The van der Waals surface area contributed by atoms with E-state index in [1.807, 2.05) is 0 Å². The Balaban J connectivity index is 1.49. The Kier molecular flexibility index (Phi) is 6.99. The highest BCUT2D eigenvalue weighted by Gasteiger charge is 2.37. The van der Waals surface area contributed by atoms with E-state index in [1.165, 1.54) is 12.8 Å². The van der Waals surface area contributed by atoms with Gasteiger partial charge in [-0.15, -0.1) is 0 Å². The Hall–Kier alpha value is -0.135. The number of hydrogen-bond acceptors (Lipinski definition) is 5. The van der Waals surface area contributed by atoms with Crippen molar-refractivity contribution in [3.8, 4) is 0 Å². The maximum Gasteiger partial charge on any atom is 0.159 e. The lowest BCUT2D eigenvalue weighted by Crippen LogP contribution is -2.47. The lowest BCUT2D eigenvalue weighted by atomic mass is 9.74. The quantitative estimate of drug-likeness (QED) is 0.736. The molecule has 3 aliphatic rings. The van der Waals surface area contributed by atoms with Gasteiger partial charge in [0.05, 0.1) is 18.8 Å². The third-order valence-electron chi connectivity index (χ3n) is 5.42. The number of hydrogen-bond donors (Lipinski definition) is 0. The van der Waals surface area contributed by atoms with Crippen molar-refractivity contribution in [1.82, 2.24) is 0 Å². The first-order chi connectivity index (χ1) is 11.6. The summed E-state index contributed by atoms with van der Waals surface area (Å²) in [6.45, 7) is 4.42. The number of ether oxygens (including phenoxy) is 5. The van der Waals surface area contributed by atoms with Crippen molar-refractivity contribution >= 4 is 7.85 Å². The summed E-state index contributed by atoms with van der Waals surface area (Å²) in [5, 5.41) is 0. The molecular weight excluding hydrogens is 307 g/mol. The molecule has 0 spiro atoms. The maximum absolute atomic E-state index is 6.35. The average molecular weight is 340 g/mol. The summed E-state index contributed by atoms with van der Waals surface area (Å²) in [6.07, 6.45) is 9.65. The van der Waals surface area contributed by atoms with Crippen LogP contribution in [0.1, 0.15) is 64.7 Å². The summed E-state index contributed by atoms with van der Waals surface area (Å²) >= 11 is 0. The zero-order valence-electron chi connectivity index (χ0n) is 15.3. The fraction of sp³-hybridized carbons (Fsp3) is 1.00. The highest BCUT2D eigenvalue weighted by molar-refractivity contribution is 6.14. The summed E-state index contributed by atoms with van der Waals surface area (Å²) in [7, 11) is 2.18. The second-order valence-electron chi connectivity index (χ2n) is 7.78. The van der Waals surface area contributed by atoms with Crippen molar-refractivity contribution in [1.29, 1.82) is 0 Å². The van der Waals surface area contributed by atoms with Gasteiger partial charge in [-0.3, -0.25) is 0 Å². The van der Waals surface area contributed by atoms with Crippen LogP contribution in [0.15, 0.2) is 0 Å². The van der Waals surface area contributed by atoms with E-state index in [9.17, 15) is 0 Å². The smallest absolute Gasteiger partial charge is 0.159 e. The monoisotopic (exact) mass is 340 g/mol. The molecule has 5 unspecified atom stereocenters. The molecule has 3 aliphatic heterocycles. The zero-order chi connectivity index (χ0) is 16.8. The fourth-order valence-electron chi connectivity index (χ4n) is 3.81. The Morgan fingerprint density at radius 2 is 1.75 bits per heavy atom. The van der Waals surface area contributed by atoms with Gasteiger partial charge in [-0.25, -0.2) is 0 Å². The molecule has 0 N–H and O–H groups in total. The van der Waals surface area contributed by atoms with Gasteiger partial charge in [0.15, 0.2) is 12.6 Å². The highest BCUT2D eigenvalue weighted by atomic mass is 16.7. The summed E-state index contributed by atoms with van der Waals surface area (Å²) < 4.78 is 30.1. The van der Waals surface area contributed by atoms with E-state index in [-0.39, 0.29) is 24.2 Å². The van der Waals surface area contributed by atoms with Crippen molar-refractivity contribution in [2.45, 2.75) is 95.0 Å². The predicted octanol–water partition coefficient (Wildman–Crippen LogP) is 2.36. The molecule has 0 amide bonds. The lowest BCUT2D eigenvalue weighted by molar-refractivity contribution is -0.255. The molecule has 6 heteroatoms. The van der Waals surface area contributed by atoms with Crippen LogP contribution in [-0.2, 0) is 23.7 Å². The Morgan fingerprint density at radius 3 is 2.67 bits per heavy atom. The van der Waals surface area contributed by atoms with Crippen LogP contribution in [0.2, 0.25) is 0 Å². The molecule has 0 aromatic carbocycles. The first-order valence-corrected chi connectivity index (χ1v) is 9.81. The molecule has 0 bridgehead atoms. The minimum atomic E-state index is -0.216. The van der Waals surface area contributed by atoms with E-state index < -0.39 is 0 Å². The first kappa shape index (κ1) is 18.6. The van der Waals surface area contributed by atoms with Crippen LogP contribution in [0, 0.1) is 0 Å². The Labute approximate surface area is 147 Å². The zero-order valence-corrected chi connectivity index (χ0v) is 15.3. The summed E-state index contributed by atoms with van der Waals surface area (Å²) in [6, 6.07) is 0. The van der Waals surface area contributed by atoms with Crippen LogP contribution in [0.5, 0.6) is 0 Å². The van der Waals surface area contributed by atoms with Gasteiger partial charge in [-0.1, -0.05) is 6.42 Å².